The van der Waals surface area contributed by atoms with Gasteiger partial charge >= 0.3 is 0 Å². The summed E-state index contributed by atoms with van der Waals surface area (Å²) in [5, 5.41) is 12.5. The van der Waals surface area contributed by atoms with E-state index in [1.54, 1.807) is 0 Å². The van der Waals surface area contributed by atoms with Crippen LogP contribution in [0.4, 0.5) is 0 Å². The molecule has 0 radical (unpaired) electrons. The minimum atomic E-state index is 0.103. The van der Waals surface area contributed by atoms with Gasteiger partial charge in [0.1, 0.15) is 0 Å². The second kappa shape index (κ2) is 5.72. The van der Waals surface area contributed by atoms with Crippen molar-refractivity contribution in [2.24, 2.45) is 5.92 Å². The standard InChI is InChI=1S/C12H25NO/c1-12(2,8-9-14)13-10-11-6-4-3-5-7-11/h11,13-14H,3-10H2,1-2H3. The molecule has 0 atom stereocenters. The summed E-state index contributed by atoms with van der Waals surface area (Å²) in [5.74, 6) is 0.877. The van der Waals surface area contributed by atoms with Gasteiger partial charge in [-0.2, -0.15) is 0 Å². The van der Waals surface area contributed by atoms with E-state index < -0.39 is 0 Å². The zero-order valence-electron chi connectivity index (χ0n) is 9.68. The van der Waals surface area contributed by atoms with E-state index >= 15 is 0 Å². The van der Waals surface area contributed by atoms with Crippen LogP contribution in [0.3, 0.4) is 0 Å². The zero-order chi connectivity index (χ0) is 10.4. The molecule has 1 fully saturated rings. The highest BCUT2D eigenvalue weighted by Crippen LogP contribution is 2.23. The summed E-state index contributed by atoms with van der Waals surface area (Å²) in [6, 6.07) is 0. The molecule has 0 unspecified atom stereocenters. The first-order valence-electron chi connectivity index (χ1n) is 6.00. The van der Waals surface area contributed by atoms with Crippen LogP contribution in [0.1, 0.15) is 52.4 Å². The molecule has 1 rings (SSSR count). The van der Waals surface area contributed by atoms with E-state index in [1.165, 1.54) is 32.1 Å². The second-order valence-electron chi connectivity index (χ2n) is 5.24. The minimum Gasteiger partial charge on any atom is -0.396 e. The first kappa shape index (κ1) is 12.0. The van der Waals surface area contributed by atoms with Gasteiger partial charge in [-0.3, -0.25) is 0 Å². The third kappa shape index (κ3) is 4.43. The number of aliphatic hydroxyl groups excluding tert-OH is 1. The number of hydrogen-bond donors (Lipinski definition) is 2. The summed E-state index contributed by atoms with van der Waals surface area (Å²) in [5.41, 5.74) is 0.103. The van der Waals surface area contributed by atoms with Crippen LogP contribution in [-0.4, -0.2) is 23.8 Å². The molecule has 2 nitrogen and oxygen atoms in total. The molecule has 0 aromatic heterocycles. The zero-order valence-corrected chi connectivity index (χ0v) is 9.68. The molecular weight excluding hydrogens is 174 g/mol. The Morgan fingerprint density at radius 2 is 1.86 bits per heavy atom. The van der Waals surface area contributed by atoms with Crippen LogP contribution in [0.2, 0.25) is 0 Å². The lowest BCUT2D eigenvalue weighted by atomic mass is 9.88. The largest absolute Gasteiger partial charge is 0.396 e. The average molecular weight is 199 g/mol. The van der Waals surface area contributed by atoms with Gasteiger partial charge in [-0.1, -0.05) is 19.3 Å². The Kier molecular flexibility index (Phi) is 4.90. The van der Waals surface area contributed by atoms with Gasteiger partial charge in [-0.15, -0.1) is 0 Å². The van der Waals surface area contributed by atoms with Crippen molar-refractivity contribution < 1.29 is 5.11 Å². The maximum absolute atomic E-state index is 8.90. The molecule has 0 aliphatic heterocycles. The maximum Gasteiger partial charge on any atom is 0.0448 e. The lowest BCUT2D eigenvalue weighted by molar-refractivity contribution is 0.218. The summed E-state index contributed by atoms with van der Waals surface area (Å²) in [4.78, 5) is 0. The molecular formula is C12H25NO. The fraction of sp³-hybridized carbons (Fsp3) is 1.00. The number of aliphatic hydroxyl groups is 1. The fourth-order valence-corrected chi connectivity index (χ4v) is 2.18. The van der Waals surface area contributed by atoms with E-state index in [-0.39, 0.29) is 12.1 Å². The quantitative estimate of drug-likeness (QED) is 0.712. The van der Waals surface area contributed by atoms with Crippen molar-refractivity contribution in [1.29, 1.82) is 0 Å². The van der Waals surface area contributed by atoms with Crippen LogP contribution in [-0.2, 0) is 0 Å². The Morgan fingerprint density at radius 1 is 1.21 bits per heavy atom. The van der Waals surface area contributed by atoms with E-state index in [0.717, 1.165) is 18.9 Å². The van der Waals surface area contributed by atoms with E-state index in [2.05, 4.69) is 19.2 Å². The van der Waals surface area contributed by atoms with Gasteiger partial charge in [0.05, 0.1) is 0 Å². The first-order chi connectivity index (χ1) is 6.64. The summed E-state index contributed by atoms with van der Waals surface area (Å²) in [7, 11) is 0. The third-order valence-electron chi connectivity index (χ3n) is 3.33. The molecule has 0 amide bonds. The molecule has 0 spiro atoms. The van der Waals surface area contributed by atoms with Crippen molar-refractivity contribution in [3.63, 3.8) is 0 Å². The highest BCUT2D eigenvalue weighted by molar-refractivity contribution is 4.79. The van der Waals surface area contributed by atoms with Crippen LogP contribution in [0.25, 0.3) is 0 Å². The molecule has 84 valence electrons. The van der Waals surface area contributed by atoms with Gasteiger partial charge in [0, 0.05) is 12.1 Å². The van der Waals surface area contributed by atoms with Crippen molar-refractivity contribution in [3.8, 4) is 0 Å². The summed E-state index contributed by atoms with van der Waals surface area (Å²) < 4.78 is 0. The Labute approximate surface area is 88.1 Å². The molecule has 2 N–H and O–H groups in total. The van der Waals surface area contributed by atoms with Crippen LogP contribution in [0.5, 0.6) is 0 Å². The number of rotatable bonds is 5. The molecule has 1 saturated carbocycles. The average Bonchev–Trinajstić information content (AvgIpc) is 2.17. The molecule has 0 aromatic rings. The molecule has 0 saturated heterocycles. The minimum absolute atomic E-state index is 0.103. The van der Waals surface area contributed by atoms with Gasteiger partial charge < -0.3 is 10.4 Å². The Bertz CT molecular complexity index is 150. The molecule has 14 heavy (non-hydrogen) atoms. The van der Waals surface area contributed by atoms with Crippen molar-refractivity contribution in [2.45, 2.75) is 57.9 Å². The van der Waals surface area contributed by atoms with E-state index in [9.17, 15) is 0 Å². The van der Waals surface area contributed by atoms with Crippen LogP contribution in [0, 0.1) is 5.92 Å². The third-order valence-corrected chi connectivity index (χ3v) is 3.33. The van der Waals surface area contributed by atoms with Crippen molar-refractivity contribution >= 4 is 0 Å². The molecule has 0 bridgehead atoms. The van der Waals surface area contributed by atoms with Crippen molar-refractivity contribution in [3.05, 3.63) is 0 Å². The van der Waals surface area contributed by atoms with E-state index in [1.807, 2.05) is 0 Å². The predicted octanol–water partition coefficient (Wildman–Crippen LogP) is 2.32. The molecule has 1 aliphatic rings. The summed E-state index contributed by atoms with van der Waals surface area (Å²) in [6.07, 6.45) is 7.88. The maximum atomic E-state index is 8.90. The molecule has 0 aromatic carbocycles. The van der Waals surface area contributed by atoms with Gasteiger partial charge in [0.25, 0.3) is 0 Å². The van der Waals surface area contributed by atoms with E-state index in [4.69, 9.17) is 5.11 Å². The first-order valence-corrected chi connectivity index (χ1v) is 6.00. The fourth-order valence-electron chi connectivity index (χ4n) is 2.18. The van der Waals surface area contributed by atoms with Gasteiger partial charge in [-0.05, 0) is 45.6 Å². The monoisotopic (exact) mass is 199 g/mol. The van der Waals surface area contributed by atoms with Crippen LogP contribution in [0.15, 0.2) is 0 Å². The second-order valence-corrected chi connectivity index (χ2v) is 5.24. The number of nitrogens with one attached hydrogen (secondary N) is 1. The van der Waals surface area contributed by atoms with Gasteiger partial charge in [-0.25, -0.2) is 0 Å². The Hall–Kier alpha value is -0.0800. The molecule has 0 heterocycles. The Morgan fingerprint density at radius 3 is 2.43 bits per heavy atom. The lowest BCUT2D eigenvalue weighted by Gasteiger charge is -2.30. The summed E-state index contributed by atoms with van der Waals surface area (Å²) in [6.45, 7) is 5.76. The Balaban J connectivity index is 2.17. The van der Waals surface area contributed by atoms with Gasteiger partial charge in [0.2, 0.25) is 0 Å². The predicted molar refractivity (Wildman–Crippen MR) is 60.4 cm³/mol. The lowest BCUT2D eigenvalue weighted by Crippen LogP contribution is -2.42. The van der Waals surface area contributed by atoms with E-state index in [0.29, 0.717) is 0 Å². The summed E-state index contributed by atoms with van der Waals surface area (Å²) >= 11 is 0. The number of hydrogen-bond acceptors (Lipinski definition) is 2. The highest BCUT2D eigenvalue weighted by Gasteiger charge is 2.19. The van der Waals surface area contributed by atoms with Crippen molar-refractivity contribution in [2.75, 3.05) is 13.2 Å². The topological polar surface area (TPSA) is 32.3 Å². The van der Waals surface area contributed by atoms with Crippen LogP contribution >= 0.6 is 0 Å². The van der Waals surface area contributed by atoms with Crippen molar-refractivity contribution in [1.82, 2.24) is 5.32 Å². The van der Waals surface area contributed by atoms with Gasteiger partial charge in [0.15, 0.2) is 0 Å². The smallest absolute Gasteiger partial charge is 0.0448 e. The van der Waals surface area contributed by atoms with Crippen LogP contribution < -0.4 is 5.32 Å². The SMILES string of the molecule is CC(C)(CCO)NCC1CCCCC1. The highest BCUT2D eigenvalue weighted by atomic mass is 16.3. The molecule has 2 heteroatoms. The molecule has 1 aliphatic carbocycles. The normalized spacial score (nSPS) is 19.9.